The van der Waals surface area contributed by atoms with E-state index in [1.54, 1.807) is 0 Å². The average molecular weight is 332 g/mol. The van der Waals surface area contributed by atoms with Crippen LogP contribution in [0, 0.1) is 0 Å². The van der Waals surface area contributed by atoms with E-state index in [2.05, 4.69) is 97.1 Å². The lowest BCUT2D eigenvalue weighted by molar-refractivity contribution is 1.10. The molecule has 0 amide bonds. The van der Waals surface area contributed by atoms with E-state index < -0.39 is 0 Å². The van der Waals surface area contributed by atoms with E-state index in [0.29, 0.717) is 0 Å². The lowest BCUT2D eigenvalue weighted by Gasteiger charge is -2.24. The standard InChI is InChI=1S/C26H20/c1-3-11-19(12-4-1)25-21-15-7-9-17-23(21)26(20-13-5-2-6-14-20)24-18-10-8-16-22(24)25/h1-15,17H,16,18H2. The van der Waals surface area contributed by atoms with Crippen molar-refractivity contribution in [2.45, 2.75) is 12.8 Å². The first kappa shape index (κ1) is 15.2. The predicted molar refractivity (Wildman–Crippen MR) is 111 cm³/mol. The molecule has 0 aliphatic heterocycles. The second-order valence-corrected chi connectivity index (χ2v) is 6.86. The number of fused-ring (bicyclic) bond motifs is 2. The third-order valence-electron chi connectivity index (χ3n) is 5.37. The molecule has 0 spiro atoms. The first-order valence-electron chi connectivity index (χ1n) is 9.26. The molecule has 0 saturated carbocycles. The van der Waals surface area contributed by atoms with Crippen LogP contribution in [0.5, 0.6) is 0 Å². The predicted octanol–water partition coefficient (Wildman–Crippen LogP) is 6.83. The maximum Gasteiger partial charge on any atom is -0.00668 e. The van der Waals surface area contributed by atoms with E-state index in [4.69, 9.17) is 0 Å². The zero-order valence-electron chi connectivity index (χ0n) is 14.7. The maximum atomic E-state index is 2.32. The monoisotopic (exact) mass is 332 g/mol. The molecular weight excluding hydrogens is 312 g/mol. The van der Waals surface area contributed by atoms with Crippen LogP contribution in [-0.4, -0.2) is 0 Å². The van der Waals surface area contributed by atoms with Crippen LogP contribution in [0.3, 0.4) is 0 Å². The Morgan fingerprint density at radius 2 is 0.808 bits per heavy atom. The molecule has 0 N–H and O–H groups in total. The topological polar surface area (TPSA) is 0 Å². The normalized spacial score (nSPS) is 12.9. The molecule has 5 rings (SSSR count). The lowest BCUT2D eigenvalue weighted by atomic mass is 9.80. The molecule has 0 heterocycles. The van der Waals surface area contributed by atoms with Crippen LogP contribution >= 0.6 is 0 Å². The van der Waals surface area contributed by atoms with Crippen LogP contribution in [0.15, 0.2) is 97.1 Å². The van der Waals surface area contributed by atoms with Crippen LogP contribution in [-0.2, 0) is 12.8 Å². The molecule has 0 atom stereocenters. The number of rotatable bonds is 2. The van der Waals surface area contributed by atoms with E-state index in [9.17, 15) is 0 Å². The van der Waals surface area contributed by atoms with Gasteiger partial charge in [0, 0.05) is 0 Å². The molecule has 1 aliphatic carbocycles. The number of benzene rings is 4. The highest BCUT2D eigenvalue weighted by Crippen LogP contribution is 2.43. The minimum absolute atomic E-state index is 1.00. The van der Waals surface area contributed by atoms with Gasteiger partial charge in [-0.25, -0.2) is 0 Å². The van der Waals surface area contributed by atoms with Crippen molar-refractivity contribution in [3.8, 4) is 22.3 Å². The van der Waals surface area contributed by atoms with Crippen LogP contribution in [0.2, 0.25) is 0 Å². The molecule has 4 aromatic carbocycles. The lowest BCUT2D eigenvalue weighted by Crippen LogP contribution is -2.04. The third kappa shape index (κ3) is 2.38. The van der Waals surface area contributed by atoms with Gasteiger partial charge in [0.2, 0.25) is 0 Å². The van der Waals surface area contributed by atoms with Gasteiger partial charge < -0.3 is 0 Å². The van der Waals surface area contributed by atoms with Gasteiger partial charge in [0.05, 0.1) is 0 Å². The van der Waals surface area contributed by atoms with Gasteiger partial charge in [0.1, 0.15) is 0 Å². The summed E-state index contributed by atoms with van der Waals surface area (Å²) in [4.78, 5) is 0. The van der Waals surface area contributed by atoms with Crippen molar-refractivity contribution >= 4 is 10.8 Å². The quantitative estimate of drug-likeness (QED) is 0.353. The minimum Gasteiger partial charge on any atom is -0.0838 e. The Balaban J connectivity index is 1.95. The van der Waals surface area contributed by atoms with Crippen LogP contribution in [0.4, 0.5) is 0 Å². The summed E-state index contributed by atoms with van der Waals surface area (Å²) in [5.74, 6) is 0. The van der Waals surface area contributed by atoms with Crippen molar-refractivity contribution < 1.29 is 0 Å². The van der Waals surface area contributed by atoms with Gasteiger partial charge >= 0.3 is 0 Å². The van der Waals surface area contributed by atoms with Crippen molar-refractivity contribution in [3.05, 3.63) is 108 Å². The molecule has 0 unspecified atom stereocenters. The fraction of sp³-hybridized carbons (Fsp3) is 0.0769. The summed E-state index contributed by atoms with van der Waals surface area (Å²) in [6, 6.07) is 30.6. The van der Waals surface area contributed by atoms with Gasteiger partial charge in [-0.05, 0) is 57.0 Å². The van der Waals surface area contributed by atoms with E-state index in [1.165, 1.54) is 44.2 Å². The van der Waals surface area contributed by atoms with Crippen molar-refractivity contribution in [1.29, 1.82) is 0 Å². The summed E-state index contributed by atoms with van der Waals surface area (Å²) in [5, 5.41) is 2.71. The smallest absolute Gasteiger partial charge is 0.00668 e. The van der Waals surface area contributed by atoms with Crippen molar-refractivity contribution in [2.24, 2.45) is 0 Å². The Morgan fingerprint density at radius 1 is 0.423 bits per heavy atom. The summed E-state index contributed by atoms with van der Waals surface area (Å²) < 4.78 is 0. The number of allylic oxidation sites excluding steroid dienone is 2. The van der Waals surface area contributed by atoms with Gasteiger partial charge in [-0.1, -0.05) is 97.1 Å². The first-order chi connectivity index (χ1) is 12.9. The third-order valence-corrected chi connectivity index (χ3v) is 5.37. The zero-order chi connectivity index (χ0) is 17.3. The van der Waals surface area contributed by atoms with Crippen molar-refractivity contribution in [2.75, 3.05) is 0 Å². The van der Waals surface area contributed by atoms with E-state index in [-0.39, 0.29) is 0 Å². The van der Waals surface area contributed by atoms with Crippen LogP contribution in [0.1, 0.15) is 11.1 Å². The first-order valence-corrected chi connectivity index (χ1v) is 9.26. The molecular formula is C26H20. The Kier molecular flexibility index (Phi) is 3.68. The Morgan fingerprint density at radius 3 is 1.23 bits per heavy atom. The number of hydrogen-bond acceptors (Lipinski definition) is 0. The molecule has 124 valence electrons. The fourth-order valence-corrected chi connectivity index (χ4v) is 4.27. The van der Waals surface area contributed by atoms with Gasteiger partial charge in [-0.3, -0.25) is 0 Å². The Labute approximate surface area is 154 Å². The van der Waals surface area contributed by atoms with Crippen molar-refractivity contribution in [3.63, 3.8) is 0 Å². The summed E-state index contributed by atoms with van der Waals surface area (Å²) in [7, 11) is 0. The Hall–Kier alpha value is -3.12. The molecule has 0 radical (unpaired) electrons. The second kappa shape index (κ2) is 6.31. The molecule has 1 aliphatic rings. The summed E-state index contributed by atoms with van der Waals surface area (Å²) >= 11 is 0. The van der Waals surface area contributed by atoms with Gasteiger partial charge in [0.25, 0.3) is 0 Å². The summed E-state index contributed by atoms with van der Waals surface area (Å²) in [6.07, 6.45) is 6.64. The van der Waals surface area contributed by atoms with Gasteiger partial charge in [-0.2, -0.15) is 0 Å². The van der Waals surface area contributed by atoms with Crippen LogP contribution < -0.4 is 0 Å². The molecule has 0 bridgehead atoms. The zero-order valence-corrected chi connectivity index (χ0v) is 14.7. The molecule has 0 aromatic heterocycles. The van der Waals surface area contributed by atoms with E-state index in [0.717, 1.165) is 12.8 Å². The molecule has 26 heavy (non-hydrogen) atoms. The molecule has 0 nitrogen and oxygen atoms in total. The highest BCUT2D eigenvalue weighted by molar-refractivity contribution is 6.08. The largest absolute Gasteiger partial charge is 0.0838 e. The maximum absolute atomic E-state index is 2.32. The molecule has 4 aromatic rings. The second-order valence-electron chi connectivity index (χ2n) is 6.86. The average Bonchev–Trinajstić information content (AvgIpc) is 2.73. The van der Waals surface area contributed by atoms with E-state index >= 15 is 0 Å². The summed E-state index contributed by atoms with van der Waals surface area (Å²) in [5.41, 5.74) is 8.40. The van der Waals surface area contributed by atoms with E-state index in [1.807, 2.05) is 0 Å². The highest BCUT2D eigenvalue weighted by Gasteiger charge is 2.21. The fourth-order valence-electron chi connectivity index (χ4n) is 4.27. The van der Waals surface area contributed by atoms with Crippen LogP contribution in [0.25, 0.3) is 33.0 Å². The highest BCUT2D eigenvalue weighted by atomic mass is 14.2. The molecule has 0 saturated heterocycles. The minimum atomic E-state index is 1.00. The van der Waals surface area contributed by atoms with Crippen molar-refractivity contribution in [1.82, 2.24) is 0 Å². The SMILES string of the molecule is C1=CCc2c(c(-c3ccccc3)c3ccccc3c2-c2ccccc2)C1. The molecule has 0 fully saturated rings. The van der Waals surface area contributed by atoms with Gasteiger partial charge in [-0.15, -0.1) is 0 Å². The number of hydrogen-bond donors (Lipinski definition) is 0. The summed E-state index contributed by atoms with van der Waals surface area (Å²) in [6.45, 7) is 0. The molecule has 0 heteroatoms. The Bertz CT molecular complexity index is 1010. The van der Waals surface area contributed by atoms with Gasteiger partial charge in [0.15, 0.2) is 0 Å².